The Kier molecular flexibility index (Phi) is 14.6. The summed E-state index contributed by atoms with van der Waals surface area (Å²) in [5, 5.41) is 8.71. The molecule has 1 aromatic heterocycles. The van der Waals surface area contributed by atoms with Crippen LogP contribution in [0.3, 0.4) is 0 Å². The van der Waals surface area contributed by atoms with E-state index in [2.05, 4.69) is 11.5 Å². The van der Waals surface area contributed by atoms with Gasteiger partial charge in [0.25, 0.3) is 0 Å². The van der Waals surface area contributed by atoms with Crippen LogP contribution >= 0.6 is 0 Å². The number of carboxylic acids is 1. The normalized spacial score (nSPS) is 12.8. The fourth-order valence-electron chi connectivity index (χ4n) is 2.82. The maximum absolute atomic E-state index is 11.4. The number of nitrogens with zero attached hydrogens (tertiary/aromatic N) is 3. The van der Waals surface area contributed by atoms with Gasteiger partial charge < -0.3 is 9.23 Å². The zero-order valence-electron chi connectivity index (χ0n) is 19.6. The van der Waals surface area contributed by atoms with Gasteiger partial charge in [0.2, 0.25) is 6.33 Å². The first kappa shape index (κ1) is 34.1. The van der Waals surface area contributed by atoms with Gasteiger partial charge in [-0.15, -0.1) is 0 Å². The number of sulfonamides is 2. The van der Waals surface area contributed by atoms with E-state index in [4.69, 9.17) is 5.11 Å². The first-order chi connectivity index (χ1) is 16.4. The van der Waals surface area contributed by atoms with Crippen LogP contribution in [0.2, 0.25) is 0 Å². The van der Waals surface area contributed by atoms with Crippen molar-refractivity contribution in [1.29, 1.82) is 0 Å². The number of halogens is 6. The van der Waals surface area contributed by atoms with Gasteiger partial charge in [-0.2, -0.15) is 26.3 Å². The molecule has 0 aromatic carbocycles. The fraction of sp³-hybridized carbons (Fsp3) is 0.789. The lowest BCUT2D eigenvalue weighted by atomic mass is 10.1. The summed E-state index contributed by atoms with van der Waals surface area (Å²) in [5.41, 5.74) is -12.4. The lowest BCUT2D eigenvalue weighted by Gasteiger charge is -2.22. The van der Waals surface area contributed by atoms with Gasteiger partial charge in [0.1, 0.15) is 12.4 Å². The topological polar surface area (TPSA) is 128 Å². The molecule has 212 valence electrons. The molecule has 0 unspecified atom stereocenters. The van der Waals surface area contributed by atoms with Crippen LogP contribution in [0.25, 0.3) is 4.13 Å². The fourth-order valence-corrected chi connectivity index (χ4v) is 4.53. The van der Waals surface area contributed by atoms with E-state index in [1.807, 2.05) is 18.7 Å². The lowest BCUT2D eigenvalue weighted by molar-refractivity contribution is -0.685. The molecule has 17 heteroatoms. The Hall–Kier alpha value is -1.88. The molecule has 0 aliphatic carbocycles. The Morgan fingerprint density at radius 3 is 1.64 bits per heavy atom. The number of hydrogen-bond acceptors (Lipinski definition) is 5. The maximum atomic E-state index is 11.4. The minimum absolute atomic E-state index is 0.0467. The molecule has 1 aromatic rings. The van der Waals surface area contributed by atoms with E-state index in [0.717, 1.165) is 10.7 Å². The van der Waals surface area contributed by atoms with E-state index in [-0.39, 0.29) is 6.54 Å². The van der Waals surface area contributed by atoms with E-state index in [1.54, 1.807) is 4.57 Å². The van der Waals surface area contributed by atoms with Gasteiger partial charge in [-0.25, -0.2) is 30.8 Å². The first-order valence-electron chi connectivity index (χ1n) is 11.1. The number of unbranched alkanes of at least 4 members (excludes halogenated alkanes) is 9. The highest BCUT2D eigenvalue weighted by molar-refractivity contribution is 8.13. The third-order valence-corrected chi connectivity index (χ3v) is 7.36. The van der Waals surface area contributed by atoms with Crippen molar-refractivity contribution in [3.63, 3.8) is 0 Å². The van der Waals surface area contributed by atoms with E-state index >= 15 is 0 Å². The summed E-state index contributed by atoms with van der Waals surface area (Å²) in [5.74, 6) is -0.795. The average Bonchev–Trinajstić information content (AvgIpc) is 3.14. The number of aryl methyl sites for hydroxylation is 1. The first-order valence-corrected chi connectivity index (χ1v) is 13.9. The standard InChI is InChI=1S/C17H30N2O2.C2F6NO4S2/c1-2-3-4-5-6-7-8-9-10-11-12-18-13-14-19(16-18)15-17(20)21;3-1(4,5)14(10,11)9-15(12,13)2(6,7)8/h13-14,16H,2-12,15H2,1H3;/q;-1/p+1. The van der Waals surface area contributed by atoms with Gasteiger partial charge in [0.15, 0.2) is 26.6 Å². The van der Waals surface area contributed by atoms with Crippen molar-refractivity contribution in [2.75, 3.05) is 0 Å². The third-order valence-electron chi connectivity index (χ3n) is 4.62. The monoisotopic (exact) mass is 575 g/mol. The van der Waals surface area contributed by atoms with Crippen LogP contribution in [0.5, 0.6) is 0 Å². The van der Waals surface area contributed by atoms with Crippen molar-refractivity contribution in [3.8, 4) is 0 Å². The predicted molar refractivity (Wildman–Crippen MR) is 117 cm³/mol. The van der Waals surface area contributed by atoms with Crippen molar-refractivity contribution in [1.82, 2.24) is 4.57 Å². The Labute approximate surface area is 206 Å². The molecule has 0 saturated heterocycles. The predicted octanol–water partition coefficient (Wildman–Crippen LogP) is 4.84. The molecule has 0 amide bonds. The second-order valence-corrected chi connectivity index (χ2v) is 11.2. The Bertz CT molecular complexity index is 950. The van der Waals surface area contributed by atoms with Crippen LogP contribution in [-0.2, 0) is 37.9 Å². The SMILES string of the molecule is CCCCCCCCCCCCn1cc[n+](CC(=O)O)c1.O=S(=O)([N-]S(=O)(=O)C(F)(F)F)C(F)(F)F. The zero-order valence-corrected chi connectivity index (χ0v) is 21.3. The molecule has 0 atom stereocenters. The molecular weight excluding hydrogens is 544 g/mol. The van der Waals surface area contributed by atoms with E-state index in [0.29, 0.717) is 0 Å². The number of rotatable bonds is 15. The zero-order chi connectivity index (χ0) is 28.0. The van der Waals surface area contributed by atoms with Gasteiger partial charge >= 0.3 is 17.0 Å². The highest BCUT2D eigenvalue weighted by Gasteiger charge is 2.46. The van der Waals surface area contributed by atoms with E-state index in [9.17, 15) is 48.0 Å². The molecule has 0 spiro atoms. The lowest BCUT2D eigenvalue weighted by Crippen LogP contribution is -2.35. The van der Waals surface area contributed by atoms with E-state index in [1.165, 1.54) is 64.2 Å². The van der Waals surface area contributed by atoms with Gasteiger partial charge in [0.05, 0.1) is 6.54 Å². The highest BCUT2D eigenvalue weighted by atomic mass is 32.3. The van der Waals surface area contributed by atoms with Crippen LogP contribution in [0.15, 0.2) is 18.7 Å². The largest absolute Gasteiger partial charge is 0.480 e. The summed E-state index contributed by atoms with van der Waals surface area (Å²) in [7, 11) is -13.4. The highest BCUT2D eigenvalue weighted by Crippen LogP contribution is 2.36. The quantitative estimate of drug-likeness (QED) is 0.181. The van der Waals surface area contributed by atoms with Crippen LogP contribution in [-0.4, -0.2) is 43.5 Å². The van der Waals surface area contributed by atoms with Crippen LogP contribution in [0, 0.1) is 0 Å². The number of imidazole rings is 1. The Morgan fingerprint density at radius 1 is 0.833 bits per heavy atom. The van der Waals surface area contributed by atoms with Crippen LogP contribution in [0.1, 0.15) is 71.1 Å². The Morgan fingerprint density at radius 2 is 1.25 bits per heavy atom. The molecule has 1 heterocycles. The number of hydrogen-bond donors (Lipinski definition) is 1. The second-order valence-electron chi connectivity index (χ2n) is 7.82. The number of carboxylic acid groups (broad SMARTS) is 1. The summed E-state index contributed by atoms with van der Waals surface area (Å²) < 4.78 is 113. The minimum Gasteiger partial charge on any atom is -0.478 e. The van der Waals surface area contributed by atoms with Gasteiger partial charge in [-0.05, 0) is 12.8 Å². The van der Waals surface area contributed by atoms with Crippen molar-refractivity contribution in [2.45, 2.75) is 95.2 Å². The molecule has 0 aliphatic rings. The van der Waals surface area contributed by atoms with Crippen LogP contribution < -0.4 is 4.57 Å². The van der Waals surface area contributed by atoms with Crippen molar-refractivity contribution >= 4 is 26.0 Å². The smallest absolute Gasteiger partial charge is 0.478 e. The number of carbonyl (C=O) groups is 1. The van der Waals surface area contributed by atoms with E-state index < -0.39 is 37.0 Å². The summed E-state index contributed by atoms with van der Waals surface area (Å²) in [6.07, 6.45) is 19.1. The molecule has 0 aliphatic heterocycles. The number of alkyl halides is 6. The summed E-state index contributed by atoms with van der Waals surface area (Å²) in [6, 6.07) is 0. The molecule has 0 radical (unpaired) electrons. The molecule has 9 nitrogen and oxygen atoms in total. The molecule has 1 N–H and O–H groups in total. The molecule has 0 fully saturated rings. The van der Waals surface area contributed by atoms with Crippen LogP contribution in [0.4, 0.5) is 26.3 Å². The summed E-state index contributed by atoms with van der Waals surface area (Å²) in [6.45, 7) is 3.29. The minimum atomic E-state index is -6.72. The molecule has 1 rings (SSSR count). The number of aliphatic carboxylic acids is 1. The molecule has 0 bridgehead atoms. The molecule has 0 saturated carbocycles. The summed E-state index contributed by atoms with van der Waals surface area (Å²) in [4.78, 5) is 10.6. The van der Waals surface area contributed by atoms with Gasteiger partial charge in [-0.3, -0.25) is 0 Å². The maximum Gasteiger partial charge on any atom is 0.480 e. The molecular formula is C19H31F6N3O6S2. The average molecular weight is 576 g/mol. The third kappa shape index (κ3) is 14.0. The van der Waals surface area contributed by atoms with Gasteiger partial charge in [-0.1, -0.05) is 58.3 Å². The Balaban J connectivity index is 0.000000723. The second kappa shape index (κ2) is 15.4. The van der Waals surface area contributed by atoms with Crippen molar-refractivity contribution < 1.29 is 57.6 Å². The van der Waals surface area contributed by atoms with Crippen molar-refractivity contribution in [2.24, 2.45) is 0 Å². The molecule has 36 heavy (non-hydrogen) atoms. The van der Waals surface area contributed by atoms with Gasteiger partial charge in [0, 0.05) is 0 Å². The number of aromatic nitrogens is 2. The summed E-state index contributed by atoms with van der Waals surface area (Å²) >= 11 is 0. The van der Waals surface area contributed by atoms with Crippen molar-refractivity contribution in [3.05, 3.63) is 22.8 Å².